The van der Waals surface area contributed by atoms with Crippen molar-refractivity contribution < 1.29 is 9.59 Å². The van der Waals surface area contributed by atoms with E-state index in [1.54, 1.807) is 24.3 Å². The van der Waals surface area contributed by atoms with Gasteiger partial charge in [0.15, 0.2) is 0 Å². The number of aryl methyl sites for hydroxylation is 1. The highest BCUT2D eigenvalue weighted by Crippen LogP contribution is 2.34. The number of hydrogen-bond acceptors (Lipinski definition) is 3. The zero-order chi connectivity index (χ0) is 21.3. The van der Waals surface area contributed by atoms with Gasteiger partial charge in [0.1, 0.15) is 0 Å². The van der Waals surface area contributed by atoms with Crippen LogP contribution in [0, 0.1) is 11.8 Å². The van der Waals surface area contributed by atoms with Crippen molar-refractivity contribution in [1.29, 1.82) is 0 Å². The van der Waals surface area contributed by atoms with E-state index < -0.39 is 0 Å². The highest BCUT2D eigenvalue weighted by Gasteiger charge is 2.41. The van der Waals surface area contributed by atoms with Gasteiger partial charge in [-0.05, 0) is 55.0 Å². The summed E-state index contributed by atoms with van der Waals surface area (Å²) in [7, 11) is 0. The first-order valence-corrected chi connectivity index (χ1v) is 11.0. The molecule has 2 atom stereocenters. The van der Waals surface area contributed by atoms with E-state index in [0.717, 1.165) is 51.1 Å². The van der Waals surface area contributed by atoms with Crippen molar-refractivity contribution in [2.75, 3.05) is 32.7 Å². The molecule has 2 N–H and O–H groups in total. The summed E-state index contributed by atoms with van der Waals surface area (Å²) in [6.07, 6.45) is 1.81. The van der Waals surface area contributed by atoms with Gasteiger partial charge in [0, 0.05) is 31.7 Å². The van der Waals surface area contributed by atoms with Gasteiger partial charge in [-0.2, -0.15) is 0 Å². The molecule has 4 rings (SSSR count). The zero-order valence-corrected chi connectivity index (χ0v) is 18.2. The number of carbonyl (C=O) groups excluding carboxylic acids is 2. The molecule has 2 amide bonds. The average Bonchev–Trinajstić information content (AvgIpc) is 3.27. The first-order chi connectivity index (χ1) is 14.4. The number of primary amides is 1. The summed E-state index contributed by atoms with van der Waals surface area (Å²) in [5, 5.41) is 0.810. The quantitative estimate of drug-likeness (QED) is 0.736. The third-order valence-corrected chi connectivity index (χ3v) is 6.86. The molecule has 2 heterocycles. The molecule has 5 nitrogen and oxygen atoms in total. The first kappa shape index (κ1) is 21.2. The van der Waals surface area contributed by atoms with E-state index in [2.05, 4.69) is 4.90 Å². The van der Waals surface area contributed by atoms with Gasteiger partial charge in [-0.25, -0.2) is 0 Å². The standard InChI is InChI=1S/C23H25Cl2N3O2/c24-19-8-3-9-20(25)21(19)23(30)28-13-16-11-27(12-17(16)14-28)10-4-6-15-5-1-2-7-18(15)22(26)29/h1-3,5,7-9,16-17H,4,6,10-14H2,(H2,26,29)/t16-,17?/m0/s1. The Hall–Kier alpha value is -2.08. The molecule has 0 radical (unpaired) electrons. The van der Waals surface area contributed by atoms with Crippen molar-refractivity contribution >= 4 is 35.0 Å². The van der Waals surface area contributed by atoms with E-state index in [-0.39, 0.29) is 11.8 Å². The van der Waals surface area contributed by atoms with Crippen molar-refractivity contribution in [2.24, 2.45) is 17.6 Å². The second-order valence-corrected chi connectivity index (χ2v) is 9.03. The minimum atomic E-state index is -0.371. The van der Waals surface area contributed by atoms with Crippen LogP contribution in [0.1, 0.15) is 32.7 Å². The maximum absolute atomic E-state index is 12.9. The van der Waals surface area contributed by atoms with Crippen molar-refractivity contribution in [2.45, 2.75) is 12.8 Å². The second-order valence-electron chi connectivity index (χ2n) is 8.21. The molecule has 2 fully saturated rings. The summed E-state index contributed by atoms with van der Waals surface area (Å²) in [6, 6.07) is 12.7. The number of nitrogens with two attached hydrogens (primary N) is 1. The van der Waals surface area contributed by atoms with Crippen LogP contribution < -0.4 is 5.73 Å². The van der Waals surface area contributed by atoms with Crippen LogP contribution in [0.2, 0.25) is 10.0 Å². The minimum absolute atomic E-state index is 0.0744. The van der Waals surface area contributed by atoms with Crippen molar-refractivity contribution in [1.82, 2.24) is 9.80 Å². The van der Waals surface area contributed by atoms with E-state index in [1.807, 2.05) is 23.1 Å². The molecule has 2 aliphatic rings. The van der Waals surface area contributed by atoms with Crippen LogP contribution in [-0.4, -0.2) is 54.3 Å². The molecule has 7 heteroatoms. The highest BCUT2D eigenvalue weighted by atomic mass is 35.5. The van der Waals surface area contributed by atoms with Gasteiger partial charge in [-0.15, -0.1) is 0 Å². The van der Waals surface area contributed by atoms with Gasteiger partial charge in [-0.1, -0.05) is 47.5 Å². The normalized spacial score (nSPS) is 21.1. The maximum Gasteiger partial charge on any atom is 0.256 e. The van der Waals surface area contributed by atoms with E-state index in [9.17, 15) is 9.59 Å². The average molecular weight is 446 g/mol. The Morgan fingerprint density at radius 3 is 2.20 bits per heavy atom. The Balaban J connectivity index is 1.29. The van der Waals surface area contributed by atoms with Gasteiger partial charge < -0.3 is 15.5 Å². The number of rotatable bonds is 6. The second kappa shape index (κ2) is 8.96. The van der Waals surface area contributed by atoms with Gasteiger partial charge >= 0.3 is 0 Å². The lowest BCUT2D eigenvalue weighted by atomic mass is 10.0. The molecular formula is C23H25Cl2N3O2. The molecule has 0 aliphatic carbocycles. The fourth-order valence-corrected chi connectivity index (χ4v) is 5.33. The summed E-state index contributed by atoms with van der Waals surface area (Å²) < 4.78 is 0. The molecule has 2 aliphatic heterocycles. The van der Waals surface area contributed by atoms with Crippen LogP contribution in [0.25, 0.3) is 0 Å². The van der Waals surface area contributed by atoms with Crippen LogP contribution in [0.15, 0.2) is 42.5 Å². The smallest absolute Gasteiger partial charge is 0.256 e. The maximum atomic E-state index is 12.9. The van der Waals surface area contributed by atoms with Crippen LogP contribution >= 0.6 is 23.2 Å². The minimum Gasteiger partial charge on any atom is -0.366 e. The number of nitrogens with zero attached hydrogens (tertiary/aromatic N) is 2. The van der Waals surface area contributed by atoms with Crippen LogP contribution in [0.5, 0.6) is 0 Å². The Kier molecular flexibility index (Phi) is 6.32. The van der Waals surface area contributed by atoms with Crippen molar-refractivity contribution in [3.05, 3.63) is 69.2 Å². The number of amides is 2. The largest absolute Gasteiger partial charge is 0.366 e. The Morgan fingerprint density at radius 1 is 0.933 bits per heavy atom. The molecule has 0 saturated carbocycles. The van der Waals surface area contributed by atoms with Crippen LogP contribution in [0.3, 0.4) is 0 Å². The third kappa shape index (κ3) is 4.34. The van der Waals surface area contributed by atoms with Crippen molar-refractivity contribution in [3.8, 4) is 0 Å². The summed E-state index contributed by atoms with van der Waals surface area (Å²) in [5.74, 6) is 0.514. The Labute approximate surface area is 186 Å². The van der Waals surface area contributed by atoms with Gasteiger partial charge in [0.2, 0.25) is 5.91 Å². The molecule has 30 heavy (non-hydrogen) atoms. The number of likely N-dealkylation sites (tertiary alicyclic amines) is 2. The molecule has 0 spiro atoms. The SMILES string of the molecule is NC(=O)c1ccccc1CCCN1CC2CN(C(=O)c3c(Cl)cccc3Cl)C[C@@H]2C1. The predicted octanol–water partition coefficient (Wildman–Crippen LogP) is 3.73. The number of hydrogen-bond donors (Lipinski definition) is 1. The molecule has 158 valence electrons. The van der Waals surface area contributed by atoms with Crippen molar-refractivity contribution in [3.63, 3.8) is 0 Å². The van der Waals surface area contributed by atoms with E-state index >= 15 is 0 Å². The molecule has 0 aromatic heterocycles. The van der Waals surface area contributed by atoms with Gasteiger partial charge in [0.05, 0.1) is 15.6 Å². The van der Waals surface area contributed by atoms with Crippen LogP contribution in [-0.2, 0) is 6.42 Å². The molecular weight excluding hydrogens is 421 g/mol. The molecule has 2 saturated heterocycles. The molecule has 0 bridgehead atoms. The lowest BCUT2D eigenvalue weighted by molar-refractivity contribution is 0.0774. The number of fused-ring (bicyclic) bond motifs is 1. The van der Waals surface area contributed by atoms with Gasteiger partial charge in [-0.3, -0.25) is 9.59 Å². The number of halogens is 2. The topological polar surface area (TPSA) is 66.6 Å². The Morgan fingerprint density at radius 2 is 1.57 bits per heavy atom. The lowest BCUT2D eigenvalue weighted by Crippen LogP contribution is -2.34. The first-order valence-electron chi connectivity index (χ1n) is 10.3. The number of benzene rings is 2. The fraction of sp³-hybridized carbons (Fsp3) is 0.391. The highest BCUT2D eigenvalue weighted by molar-refractivity contribution is 6.39. The third-order valence-electron chi connectivity index (χ3n) is 6.23. The predicted molar refractivity (Wildman–Crippen MR) is 119 cm³/mol. The monoisotopic (exact) mass is 445 g/mol. The number of carbonyl (C=O) groups is 2. The summed E-state index contributed by atoms with van der Waals surface area (Å²) >= 11 is 12.4. The summed E-state index contributed by atoms with van der Waals surface area (Å²) in [4.78, 5) is 28.8. The summed E-state index contributed by atoms with van der Waals surface area (Å²) in [6.45, 7) is 4.44. The van der Waals surface area contributed by atoms with E-state index in [0.29, 0.717) is 33.0 Å². The molecule has 2 aromatic rings. The fourth-order valence-electron chi connectivity index (χ4n) is 4.77. The van der Waals surface area contributed by atoms with Gasteiger partial charge in [0.25, 0.3) is 5.91 Å². The molecule has 2 aromatic carbocycles. The van der Waals surface area contributed by atoms with Crippen LogP contribution in [0.4, 0.5) is 0 Å². The Bertz CT molecular complexity index is 931. The van der Waals surface area contributed by atoms with E-state index in [1.165, 1.54) is 0 Å². The summed E-state index contributed by atoms with van der Waals surface area (Å²) in [5.41, 5.74) is 7.50. The zero-order valence-electron chi connectivity index (χ0n) is 16.7. The van der Waals surface area contributed by atoms with E-state index in [4.69, 9.17) is 28.9 Å². The molecule has 1 unspecified atom stereocenters. The lowest BCUT2D eigenvalue weighted by Gasteiger charge is -2.22.